The highest BCUT2D eigenvalue weighted by Crippen LogP contribution is 2.30. The molecule has 4 rings (SSSR count). The molecule has 1 fully saturated rings. The van der Waals surface area contributed by atoms with Crippen LogP contribution >= 0.6 is 0 Å². The topological polar surface area (TPSA) is 63.7 Å². The van der Waals surface area contributed by atoms with Gasteiger partial charge in [0.1, 0.15) is 6.04 Å². The molecule has 2 amide bonds. The van der Waals surface area contributed by atoms with Crippen LogP contribution in [-0.4, -0.2) is 35.1 Å². The number of Topliss-reactive ketones (excluding diaryl/α,β-unsaturated/α-hetero) is 1. The number of fused-ring (bicyclic) bond motifs is 1. The molecule has 0 bridgehead atoms. The van der Waals surface area contributed by atoms with Gasteiger partial charge in [-0.2, -0.15) is 0 Å². The highest BCUT2D eigenvalue weighted by Gasteiger charge is 2.44. The molecular formula is C24H25NO4. The van der Waals surface area contributed by atoms with Crippen molar-refractivity contribution in [2.75, 3.05) is 6.61 Å². The molecule has 1 aliphatic heterocycles. The quantitative estimate of drug-likeness (QED) is 0.669. The van der Waals surface area contributed by atoms with E-state index in [1.54, 1.807) is 24.3 Å². The van der Waals surface area contributed by atoms with Gasteiger partial charge in [-0.15, -0.1) is 0 Å². The first-order valence-electron chi connectivity index (χ1n) is 10.3. The van der Waals surface area contributed by atoms with Crippen LogP contribution in [0.3, 0.4) is 0 Å². The van der Waals surface area contributed by atoms with E-state index < -0.39 is 17.9 Å². The largest absolute Gasteiger partial charge is 0.374 e. The zero-order chi connectivity index (χ0) is 20.2. The maximum Gasteiger partial charge on any atom is 0.262 e. The van der Waals surface area contributed by atoms with Gasteiger partial charge in [-0.25, -0.2) is 0 Å². The second kappa shape index (κ2) is 8.70. The number of hydrogen-bond donors (Lipinski definition) is 0. The molecule has 1 heterocycles. The van der Waals surface area contributed by atoms with Crippen LogP contribution in [0.4, 0.5) is 0 Å². The van der Waals surface area contributed by atoms with E-state index in [-0.39, 0.29) is 18.3 Å². The average Bonchev–Trinajstić information content (AvgIpc) is 3.03. The van der Waals surface area contributed by atoms with Crippen molar-refractivity contribution in [3.05, 3.63) is 71.3 Å². The Bertz CT molecular complexity index is 867. The Morgan fingerprint density at radius 2 is 1.48 bits per heavy atom. The Kier molecular flexibility index (Phi) is 5.86. The molecule has 0 N–H and O–H groups in total. The molecule has 5 heteroatoms. The van der Waals surface area contributed by atoms with Crippen LogP contribution in [0.1, 0.15) is 58.4 Å². The lowest BCUT2D eigenvalue weighted by molar-refractivity contribution is -0.130. The van der Waals surface area contributed by atoms with Gasteiger partial charge in [0.05, 0.1) is 24.3 Å². The summed E-state index contributed by atoms with van der Waals surface area (Å²) in [6.45, 7) is 0.355. The van der Waals surface area contributed by atoms with E-state index in [2.05, 4.69) is 0 Å². The number of nitrogens with zero attached hydrogens (tertiary/aromatic N) is 1. The van der Waals surface area contributed by atoms with E-state index in [9.17, 15) is 14.4 Å². The molecule has 0 unspecified atom stereocenters. The average molecular weight is 391 g/mol. The minimum atomic E-state index is -0.880. The molecule has 1 saturated carbocycles. The minimum absolute atomic E-state index is 0.0235. The summed E-state index contributed by atoms with van der Waals surface area (Å²) in [5.41, 5.74) is 1.71. The Hall–Kier alpha value is -2.79. The van der Waals surface area contributed by atoms with Crippen LogP contribution in [0.2, 0.25) is 0 Å². The molecule has 2 aromatic rings. The van der Waals surface area contributed by atoms with Crippen LogP contribution < -0.4 is 0 Å². The zero-order valence-corrected chi connectivity index (χ0v) is 16.4. The molecule has 5 nitrogen and oxygen atoms in total. The van der Waals surface area contributed by atoms with Gasteiger partial charge in [0.2, 0.25) is 0 Å². The number of carbonyl (C=O) groups is 3. The summed E-state index contributed by atoms with van der Waals surface area (Å²) >= 11 is 0. The molecule has 2 aromatic carbocycles. The fourth-order valence-electron chi connectivity index (χ4n) is 4.30. The molecule has 0 spiro atoms. The van der Waals surface area contributed by atoms with Gasteiger partial charge in [0, 0.05) is 5.92 Å². The number of imide groups is 1. The van der Waals surface area contributed by atoms with E-state index in [1.807, 2.05) is 30.3 Å². The Balaban J connectivity index is 1.55. The molecule has 0 radical (unpaired) electrons. The lowest BCUT2D eigenvalue weighted by Gasteiger charge is -2.30. The zero-order valence-electron chi connectivity index (χ0n) is 16.4. The standard InChI is InChI=1S/C24H25NO4/c26-22(18-11-5-2-6-12-18)21(16-29-15-17-9-3-1-4-10-17)25-23(27)19-13-7-8-14-20(19)24(25)28/h1,3-4,7-10,13-14,18,21H,2,5-6,11-12,15-16H2/t21-/m0/s1. The minimum Gasteiger partial charge on any atom is -0.374 e. The SMILES string of the molecule is O=C(C1CCCCC1)[C@H](COCc1ccccc1)N1C(=O)c2ccccc2C1=O. The second-order valence-corrected chi connectivity index (χ2v) is 7.78. The fraction of sp³-hybridized carbons (Fsp3) is 0.375. The number of hydrogen-bond acceptors (Lipinski definition) is 4. The first-order valence-corrected chi connectivity index (χ1v) is 10.3. The van der Waals surface area contributed by atoms with Gasteiger partial charge >= 0.3 is 0 Å². The number of carbonyl (C=O) groups excluding carboxylic acids is 3. The summed E-state index contributed by atoms with van der Waals surface area (Å²) in [6.07, 6.45) is 4.78. The predicted octanol–water partition coefficient (Wildman–Crippen LogP) is 4.02. The third-order valence-corrected chi connectivity index (χ3v) is 5.86. The maximum absolute atomic E-state index is 13.3. The van der Waals surface area contributed by atoms with Crippen molar-refractivity contribution < 1.29 is 19.1 Å². The molecule has 2 aliphatic rings. The molecule has 0 aromatic heterocycles. The van der Waals surface area contributed by atoms with E-state index >= 15 is 0 Å². The summed E-state index contributed by atoms with van der Waals surface area (Å²) in [6, 6.07) is 15.5. The molecule has 29 heavy (non-hydrogen) atoms. The first kappa shape index (κ1) is 19.5. The van der Waals surface area contributed by atoms with Gasteiger partial charge < -0.3 is 4.74 Å². The van der Waals surface area contributed by atoms with Crippen LogP contribution in [0, 0.1) is 5.92 Å². The van der Waals surface area contributed by atoms with E-state index in [0.29, 0.717) is 17.7 Å². The molecular weight excluding hydrogens is 366 g/mol. The number of benzene rings is 2. The van der Waals surface area contributed by atoms with E-state index in [4.69, 9.17) is 4.74 Å². The Morgan fingerprint density at radius 3 is 2.10 bits per heavy atom. The first-order chi connectivity index (χ1) is 14.2. The van der Waals surface area contributed by atoms with Gasteiger partial charge in [-0.1, -0.05) is 61.7 Å². The van der Waals surface area contributed by atoms with Crippen molar-refractivity contribution in [1.82, 2.24) is 4.90 Å². The normalized spacial score (nSPS) is 18.0. The molecule has 1 aliphatic carbocycles. The van der Waals surface area contributed by atoms with Crippen LogP contribution in [0.25, 0.3) is 0 Å². The van der Waals surface area contributed by atoms with Gasteiger partial charge in [-0.3, -0.25) is 19.3 Å². The summed E-state index contributed by atoms with van der Waals surface area (Å²) in [5.74, 6) is -0.961. The smallest absolute Gasteiger partial charge is 0.262 e. The van der Waals surface area contributed by atoms with Crippen LogP contribution in [0.15, 0.2) is 54.6 Å². The summed E-state index contributed by atoms with van der Waals surface area (Å²) in [4.78, 5) is 40.4. The van der Waals surface area contributed by atoms with Crippen molar-refractivity contribution in [1.29, 1.82) is 0 Å². The third kappa shape index (κ3) is 4.01. The Morgan fingerprint density at radius 1 is 0.897 bits per heavy atom. The monoisotopic (exact) mass is 391 g/mol. The fourth-order valence-corrected chi connectivity index (χ4v) is 4.30. The second-order valence-electron chi connectivity index (χ2n) is 7.78. The van der Waals surface area contributed by atoms with E-state index in [0.717, 1.165) is 42.6 Å². The van der Waals surface area contributed by atoms with Crippen molar-refractivity contribution in [2.45, 2.75) is 44.8 Å². The summed E-state index contributed by atoms with van der Waals surface area (Å²) in [7, 11) is 0. The van der Waals surface area contributed by atoms with Gasteiger partial charge in [0.15, 0.2) is 5.78 Å². The van der Waals surface area contributed by atoms with E-state index in [1.165, 1.54) is 0 Å². The summed E-state index contributed by atoms with van der Waals surface area (Å²) < 4.78 is 5.83. The van der Waals surface area contributed by atoms with Crippen molar-refractivity contribution in [3.8, 4) is 0 Å². The van der Waals surface area contributed by atoms with Crippen molar-refractivity contribution >= 4 is 17.6 Å². The molecule has 0 saturated heterocycles. The third-order valence-electron chi connectivity index (χ3n) is 5.86. The number of ether oxygens (including phenoxy) is 1. The maximum atomic E-state index is 13.3. The highest BCUT2D eigenvalue weighted by atomic mass is 16.5. The van der Waals surface area contributed by atoms with Crippen molar-refractivity contribution in [3.63, 3.8) is 0 Å². The molecule has 1 atom stereocenters. The summed E-state index contributed by atoms with van der Waals surface area (Å²) in [5, 5.41) is 0. The van der Waals surface area contributed by atoms with Gasteiger partial charge in [0.25, 0.3) is 11.8 Å². The lowest BCUT2D eigenvalue weighted by atomic mass is 9.83. The molecule has 150 valence electrons. The Labute approximate surface area is 170 Å². The van der Waals surface area contributed by atoms with Crippen LogP contribution in [-0.2, 0) is 16.1 Å². The van der Waals surface area contributed by atoms with Gasteiger partial charge in [-0.05, 0) is 30.5 Å². The highest BCUT2D eigenvalue weighted by molar-refractivity contribution is 6.23. The predicted molar refractivity (Wildman–Crippen MR) is 108 cm³/mol. The number of rotatable bonds is 7. The number of ketones is 1. The number of amides is 2. The van der Waals surface area contributed by atoms with Crippen molar-refractivity contribution in [2.24, 2.45) is 5.92 Å². The van der Waals surface area contributed by atoms with Crippen LogP contribution in [0.5, 0.6) is 0 Å². The lowest BCUT2D eigenvalue weighted by Crippen LogP contribution is -2.50.